The highest BCUT2D eigenvalue weighted by molar-refractivity contribution is 7.89. The molecule has 1 aliphatic heterocycles. The normalized spacial score (nSPS) is 17.4. The van der Waals surface area contributed by atoms with Crippen LogP contribution in [0.5, 0.6) is 0 Å². The second-order valence-corrected chi connectivity index (χ2v) is 6.68. The van der Waals surface area contributed by atoms with Crippen LogP contribution in [0.15, 0.2) is 17.0 Å². The van der Waals surface area contributed by atoms with Crippen molar-refractivity contribution in [2.24, 2.45) is 5.73 Å². The molecule has 5 nitrogen and oxygen atoms in total. The summed E-state index contributed by atoms with van der Waals surface area (Å²) in [7, 11) is -3.77. The molecule has 0 atom stereocenters. The van der Waals surface area contributed by atoms with Crippen molar-refractivity contribution in [2.75, 3.05) is 13.1 Å². The van der Waals surface area contributed by atoms with Gasteiger partial charge in [0.15, 0.2) is 0 Å². The molecule has 0 bridgehead atoms. The van der Waals surface area contributed by atoms with Crippen LogP contribution in [-0.2, 0) is 16.6 Å². The van der Waals surface area contributed by atoms with E-state index < -0.39 is 15.8 Å². The maximum Gasteiger partial charge on any atom is 0.253 e. The van der Waals surface area contributed by atoms with E-state index in [0.717, 1.165) is 19.3 Å². The summed E-state index contributed by atoms with van der Waals surface area (Å²) < 4.78 is 38.5. The van der Waals surface area contributed by atoms with E-state index in [4.69, 9.17) is 5.73 Å². The van der Waals surface area contributed by atoms with Crippen LogP contribution in [0.4, 0.5) is 4.39 Å². The van der Waals surface area contributed by atoms with Crippen molar-refractivity contribution in [3.8, 4) is 0 Å². The third-order valence-electron chi connectivity index (χ3n) is 3.49. The molecule has 0 radical (unpaired) electrons. The van der Waals surface area contributed by atoms with Crippen LogP contribution in [0, 0.1) is 12.7 Å². The van der Waals surface area contributed by atoms with Crippen LogP contribution in [0.3, 0.4) is 0 Å². The van der Waals surface area contributed by atoms with Gasteiger partial charge in [0.2, 0.25) is 0 Å². The van der Waals surface area contributed by atoms with Crippen molar-refractivity contribution < 1.29 is 12.8 Å². The Morgan fingerprint density at radius 1 is 1.30 bits per heavy atom. The first-order valence-corrected chi connectivity index (χ1v) is 8.19. The molecule has 0 aliphatic carbocycles. The number of nitrogens with two attached hydrogens (primary N) is 1. The predicted octanol–water partition coefficient (Wildman–Crippen LogP) is 1.27. The molecule has 0 spiro atoms. The first-order chi connectivity index (χ1) is 9.44. The molecule has 3 N–H and O–H groups in total. The van der Waals surface area contributed by atoms with Gasteiger partial charge in [-0.15, -0.1) is 4.83 Å². The van der Waals surface area contributed by atoms with Crippen LogP contribution in [-0.4, -0.2) is 26.5 Å². The molecule has 0 amide bonds. The Morgan fingerprint density at radius 3 is 2.55 bits per heavy atom. The number of benzene rings is 1. The molecule has 1 heterocycles. The van der Waals surface area contributed by atoms with E-state index >= 15 is 0 Å². The minimum atomic E-state index is -3.77. The SMILES string of the molecule is Cc1c(F)cc(CN)cc1S(=O)(=O)NN1CCCCC1. The van der Waals surface area contributed by atoms with Gasteiger partial charge < -0.3 is 5.73 Å². The summed E-state index contributed by atoms with van der Waals surface area (Å²) in [5, 5.41) is 1.67. The molecular weight excluding hydrogens is 281 g/mol. The summed E-state index contributed by atoms with van der Waals surface area (Å²) in [6.45, 7) is 2.92. The number of rotatable bonds is 4. The third-order valence-corrected chi connectivity index (χ3v) is 4.99. The molecule has 0 aromatic heterocycles. The van der Waals surface area contributed by atoms with Gasteiger partial charge in [-0.1, -0.05) is 6.42 Å². The molecule has 1 fully saturated rings. The van der Waals surface area contributed by atoms with Gasteiger partial charge in [0.25, 0.3) is 10.0 Å². The van der Waals surface area contributed by atoms with Crippen LogP contribution in [0.1, 0.15) is 30.4 Å². The fourth-order valence-electron chi connectivity index (χ4n) is 2.31. The number of sulfonamides is 1. The summed E-state index contributed by atoms with van der Waals surface area (Å²) in [5.74, 6) is -0.549. The van der Waals surface area contributed by atoms with Crippen molar-refractivity contribution in [3.05, 3.63) is 29.1 Å². The first kappa shape index (κ1) is 15.4. The van der Waals surface area contributed by atoms with Crippen LogP contribution < -0.4 is 10.6 Å². The summed E-state index contributed by atoms with van der Waals surface area (Å²) in [4.78, 5) is 2.49. The maximum absolute atomic E-state index is 13.8. The average molecular weight is 301 g/mol. The lowest BCUT2D eigenvalue weighted by atomic mass is 10.1. The minimum Gasteiger partial charge on any atom is -0.326 e. The fraction of sp³-hybridized carbons (Fsp3) is 0.538. The van der Waals surface area contributed by atoms with Gasteiger partial charge in [-0.05, 0) is 37.5 Å². The highest BCUT2D eigenvalue weighted by Crippen LogP contribution is 2.21. The van der Waals surface area contributed by atoms with Crippen molar-refractivity contribution in [3.63, 3.8) is 0 Å². The standard InChI is InChI=1S/C13H20FN3O2S/c1-10-12(14)7-11(9-15)8-13(10)20(18,19)16-17-5-3-2-4-6-17/h7-8,16H,2-6,9,15H2,1H3. The monoisotopic (exact) mass is 301 g/mol. The molecule has 1 saturated heterocycles. The van der Waals surface area contributed by atoms with Gasteiger partial charge in [0.05, 0.1) is 4.90 Å². The van der Waals surface area contributed by atoms with Crippen LogP contribution >= 0.6 is 0 Å². The summed E-state index contributed by atoms with van der Waals surface area (Å²) in [6, 6.07) is 2.71. The lowest BCUT2D eigenvalue weighted by molar-refractivity contribution is 0.200. The van der Waals surface area contributed by atoms with E-state index in [0.29, 0.717) is 18.7 Å². The highest BCUT2D eigenvalue weighted by atomic mass is 32.2. The zero-order valence-corrected chi connectivity index (χ0v) is 12.3. The first-order valence-electron chi connectivity index (χ1n) is 6.70. The summed E-state index contributed by atoms with van der Waals surface area (Å²) in [6.07, 6.45) is 3.02. The lowest BCUT2D eigenvalue weighted by Gasteiger charge is -2.27. The van der Waals surface area contributed by atoms with Gasteiger partial charge >= 0.3 is 0 Å². The largest absolute Gasteiger partial charge is 0.326 e. The number of hydrogen-bond acceptors (Lipinski definition) is 4. The number of halogens is 1. The molecule has 20 heavy (non-hydrogen) atoms. The zero-order chi connectivity index (χ0) is 14.8. The Hall–Kier alpha value is -1.02. The van der Waals surface area contributed by atoms with Crippen molar-refractivity contribution in [2.45, 2.75) is 37.6 Å². The van der Waals surface area contributed by atoms with Gasteiger partial charge in [-0.3, -0.25) is 0 Å². The molecule has 1 aliphatic rings. The van der Waals surface area contributed by atoms with Crippen molar-refractivity contribution >= 4 is 10.0 Å². The van der Waals surface area contributed by atoms with E-state index in [9.17, 15) is 12.8 Å². The lowest BCUT2D eigenvalue weighted by Crippen LogP contribution is -2.45. The number of nitrogens with one attached hydrogen (secondary N) is 1. The Kier molecular flexibility index (Phi) is 4.74. The topological polar surface area (TPSA) is 75.4 Å². The third kappa shape index (κ3) is 3.35. The van der Waals surface area contributed by atoms with Crippen molar-refractivity contribution in [1.82, 2.24) is 9.84 Å². The number of nitrogens with zero attached hydrogens (tertiary/aromatic N) is 1. The van der Waals surface area contributed by atoms with Gasteiger partial charge in [-0.25, -0.2) is 17.8 Å². The van der Waals surface area contributed by atoms with E-state index in [-0.39, 0.29) is 17.0 Å². The highest BCUT2D eigenvalue weighted by Gasteiger charge is 2.23. The molecule has 0 unspecified atom stereocenters. The van der Waals surface area contributed by atoms with Crippen LogP contribution in [0.25, 0.3) is 0 Å². The summed E-state index contributed by atoms with van der Waals surface area (Å²) in [5.41, 5.74) is 6.06. The molecular formula is C13H20FN3O2S. The van der Waals surface area contributed by atoms with E-state index in [1.54, 1.807) is 5.01 Å². The quantitative estimate of drug-likeness (QED) is 0.878. The molecule has 7 heteroatoms. The molecule has 1 aromatic carbocycles. The maximum atomic E-state index is 13.8. The van der Waals surface area contributed by atoms with Gasteiger partial charge in [-0.2, -0.15) is 0 Å². The smallest absolute Gasteiger partial charge is 0.253 e. The average Bonchev–Trinajstić information content (AvgIpc) is 2.42. The Balaban J connectivity index is 2.30. The number of hydrazine groups is 1. The summed E-state index contributed by atoms with van der Waals surface area (Å²) >= 11 is 0. The van der Waals surface area contributed by atoms with E-state index in [1.165, 1.54) is 19.1 Å². The van der Waals surface area contributed by atoms with E-state index in [1.807, 2.05) is 0 Å². The van der Waals surface area contributed by atoms with E-state index in [2.05, 4.69) is 4.83 Å². The van der Waals surface area contributed by atoms with Gasteiger partial charge in [0.1, 0.15) is 5.82 Å². The zero-order valence-electron chi connectivity index (χ0n) is 11.5. The second kappa shape index (κ2) is 6.17. The van der Waals surface area contributed by atoms with Crippen LogP contribution in [0.2, 0.25) is 0 Å². The second-order valence-electron chi connectivity index (χ2n) is 5.05. The minimum absolute atomic E-state index is 0.0384. The molecule has 1 aromatic rings. The molecule has 112 valence electrons. The fourth-order valence-corrected chi connectivity index (χ4v) is 3.74. The Morgan fingerprint density at radius 2 is 1.95 bits per heavy atom. The predicted molar refractivity (Wildman–Crippen MR) is 74.8 cm³/mol. The Labute approximate surface area is 119 Å². The molecule has 2 rings (SSSR count). The Bertz CT molecular complexity index is 584. The molecule has 0 saturated carbocycles. The number of hydrogen-bond donors (Lipinski definition) is 2. The van der Waals surface area contributed by atoms with Crippen molar-refractivity contribution in [1.29, 1.82) is 0 Å². The van der Waals surface area contributed by atoms with Gasteiger partial charge in [0, 0.05) is 25.2 Å². The number of piperidine rings is 1.